The van der Waals surface area contributed by atoms with Gasteiger partial charge in [-0.1, -0.05) is 6.92 Å². The third-order valence-electron chi connectivity index (χ3n) is 2.79. The summed E-state index contributed by atoms with van der Waals surface area (Å²) in [5.41, 5.74) is 0. The third-order valence-corrected chi connectivity index (χ3v) is 2.79. The summed E-state index contributed by atoms with van der Waals surface area (Å²) in [7, 11) is 1.88. The van der Waals surface area contributed by atoms with Crippen LogP contribution < -0.4 is 0 Å². The molecule has 1 fully saturated rings. The van der Waals surface area contributed by atoms with Crippen LogP contribution in [0.25, 0.3) is 0 Å². The van der Waals surface area contributed by atoms with Crippen molar-refractivity contribution >= 4 is 0 Å². The van der Waals surface area contributed by atoms with Crippen molar-refractivity contribution in [3.05, 3.63) is 5.82 Å². The van der Waals surface area contributed by atoms with Gasteiger partial charge in [-0.25, -0.2) is 4.68 Å². The average Bonchev–Trinajstić information content (AvgIpc) is 2.46. The quantitative estimate of drug-likeness (QED) is 0.668. The number of aromatic nitrogens is 4. The number of nitrogens with zero attached hydrogens (tertiary/aromatic N) is 5. The topological polar surface area (TPSA) is 46.8 Å². The minimum absolute atomic E-state index is 0.747. The maximum Gasteiger partial charge on any atom is 0.164 e. The zero-order valence-electron chi connectivity index (χ0n) is 8.14. The lowest BCUT2D eigenvalue weighted by molar-refractivity contribution is 0.0747. The van der Waals surface area contributed by atoms with E-state index in [-0.39, 0.29) is 0 Å². The van der Waals surface area contributed by atoms with E-state index in [9.17, 15) is 0 Å². The van der Waals surface area contributed by atoms with Crippen LogP contribution in [0.5, 0.6) is 0 Å². The second-order valence-electron chi connectivity index (χ2n) is 3.54. The number of hydrogen-bond donors (Lipinski definition) is 0. The SMILES string of the molecule is CCC1CCN1Cc1nnnn1C. The highest BCUT2D eigenvalue weighted by atomic mass is 15.5. The van der Waals surface area contributed by atoms with E-state index in [1.54, 1.807) is 4.68 Å². The summed E-state index contributed by atoms with van der Waals surface area (Å²) in [6.45, 7) is 4.30. The first-order valence-electron chi connectivity index (χ1n) is 4.76. The first-order chi connectivity index (χ1) is 6.31. The van der Waals surface area contributed by atoms with Crippen molar-refractivity contribution in [1.82, 2.24) is 25.1 Å². The molecule has 1 aliphatic rings. The molecule has 1 aliphatic heterocycles. The van der Waals surface area contributed by atoms with Gasteiger partial charge in [-0.05, 0) is 23.3 Å². The molecule has 0 saturated carbocycles. The van der Waals surface area contributed by atoms with Gasteiger partial charge in [0.25, 0.3) is 0 Å². The molecule has 5 nitrogen and oxygen atoms in total. The van der Waals surface area contributed by atoms with E-state index in [1.807, 2.05) is 7.05 Å². The van der Waals surface area contributed by atoms with Crippen LogP contribution in [0.4, 0.5) is 0 Å². The van der Waals surface area contributed by atoms with E-state index in [0.29, 0.717) is 0 Å². The van der Waals surface area contributed by atoms with Gasteiger partial charge in [0.15, 0.2) is 5.82 Å². The number of tetrazole rings is 1. The molecule has 0 N–H and O–H groups in total. The molecule has 0 amide bonds. The summed E-state index contributed by atoms with van der Waals surface area (Å²) in [5.74, 6) is 0.957. The molecule has 2 rings (SSSR count). The second kappa shape index (κ2) is 3.41. The fourth-order valence-electron chi connectivity index (χ4n) is 1.73. The van der Waals surface area contributed by atoms with Gasteiger partial charge in [-0.3, -0.25) is 4.90 Å². The van der Waals surface area contributed by atoms with Crippen molar-refractivity contribution in [1.29, 1.82) is 0 Å². The molecule has 1 aromatic rings. The predicted octanol–water partition coefficient (Wildman–Crippen LogP) is 0.194. The highest BCUT2D eigenvalue weighted by Crippen LogP contribution is 2.21. The van der Waals surface area contributed by atoms with E-state index in [1.165, 1.54) is 19.4 Å². The normalized spacial score (nSPS) is 23.1. The number of hydrogen-bond acceptors (Lipinski definition) is 4. The lowest BCUT2D eigenvalue weighted by Gasteiger charge is -2.39. The van der Waals surface area contributed by atoms with Gasteiger partial charge in [0.1, 0.15) is 0 Å². The van der Waals surface area contributed by atoms with Crippen LogP contribution >= 0.6 is 0 Å². The summed E-state index contributed by atoms with van der Waals surface area (Å²) >= 11 is 0. The molecule has 1 unspecified atom stereocenters. The highest BCUT2D eigenvalue weighted by Gasteiger charge is 2.27. The Morgan fingerprint density at radius 3 is 2.85 bits per heavy atom. The molecule has 13 heavy (non-hydrogen) atoms. The van der Waals surface area contributed by atoms with Crippen LogP contribution in [-0.2, 0) is 13.6 Å². The van der Waals surface area contributed by atoms with Crippen molar-refractivity contribution < 1.29 is 0 Å². The van der Waals surface area contributed by atoms with Gasteiger partial charge in [-0.2, -0.15) is 0 Å². The van der Waals surface area contributed by atoms with Gasteiger partial charge < -0.3 is 0 Å². The van der Waals surface area contributed by atoms with Crippen molar-refractivity contribution in [2.45, 2.75) is 32.4 Å². The van der Waals surface area contributed by atoms with Crippen LogP contribution in [0.15, 0.2) is 0 Å². The fourth-order valence-corrected chi connectivity index (χ4v) is 1.73. The maximum atomic E-state index is 3.97. The largest absolute Gasteiger partial charge is 0.293 e. The minimum Gasteiger partial charge on any atom is -0.293 e. The van der Waals surface area contributed by atoms with Crippen LogP contribution in [0.3, 0.4) is 0 Å². The summed E-state index contributed by atoms with van der Waals surface area (Å²) in [4.78, 5) is 2.42. The van der Waals surface area contributed by atoms with Crippen molar-refractivity contribution in [3.8, 4) is 0 Å². The van der Waals surface area contributed by atoms with Crippen molar-refractivity contribution in [2.24, 2.45) is 7.05 Å². The van der Waals surface area contributed by atoms with E-state index in [4.69, 9.17) is 0 Å². The molecule has 5 heteroatoms. The Morgan fingerprint density at radius 2 is 2.38 bits per heavy atom. The molecule has 0 spiro atoms. The average molecular weight is 181 g/mol. The molecule has 1 saturated heterocycles. The molecule has 2 heterocycles. The number of aryl methyl sites for hydroxylation is 1. The van der Waals surface area contributed by atoms with Crippen LogP contribution in [0.1, 0.15) is 25.6 Å². The summed E-state index contributed by atoms with van der Waals surface area (Å²) < 4.78 is 1.74. The summed E-state index contributed by atoms with van der Waals surface area (Å²) in [6.07, 6.45) is 2.55. The third kappa shape index (κ3) is 1.56. The minimum atomic E-state index is 0.747. The van der Waals surface area contributed by atoms with E-state index < -0.39 is 0 Å². The Labute approximate surface area is 77.7 Å². The number of likely N-dealkylation sites (tertiary alicyclic amines) is 1. The van der Waals surface area contributed by atoms with E-state index >= 15 is 0 Å². The molecule has 0 radical (unpaired) electrons. The Morgan fingerprint density at radius 1 is 1.54 bits per heavy atom. The lowest BCUT2D eigenvalue weighted by atomic mass is 10.0. The van der Waals surface area contributed by atoms with Crippen LogP contribution in [0.2, 0.25) is 0 Å². The Kier molecular flexibility index (Phi) is 2.26. The van der Waals surface area contributed by atoms with Gasteiger partial charge in [0.2, 0.25) is 0 Å². The van der Waals surface area contributed by atoms with Crippen molar-refractivity contribution in [3.63, 3.8) is 0 Å². The molecule has 1 atom stereocenters. The molecular formula is C8H15N5. The van der Waals surface area contributed by atoms with E-state index in [2.05, 4.69) is 27.3 Å². The molecule has 72 valence electrons. The smallest absolute Gasteiger partial charge is 0.164 e. The predicted molar refractivity (Wildman–Crippen MR) is 47.9 cm³/mol. The highest BCUT2D eigenvalue weighted by molar-refractivity contribution is 4.87. The Hall–Kier alpha value is -0.970. The van der Waals surface area contributed by atoms with Gasteiger partial charge >= 0.3 is 0 Å². The van der Waals surface area contributed by atoms with Crippen molar-refractivity contribution in [2.75, 3.05) is 6.54 Å². The Balaban J connectivity index is 1.95. The van der Waals surface area contributed by atoms with E-state index in [0.717, 1.165) is 18.4 Å². The van der Waals surface area contributed by atoms with Gasteiger partial charge in [0.05, 0.1) is 6.54 Å². The first-order valence-corrected chi connectivity index (χ1v) is 4.76. The molecule has 0 aromatic carbocycles. The fraction of sp³-hybridized carbons (Fsp3) is 0.875. The molecule has 0 bridgehead atoms. The monoisotopic (exact) mass is 181 g/mol. The molecule has 1 aromatic heterocycles. The van der Waals surface area contributed by atoms with Crippen LogP contribution in [-0.4, -0.2) is 37.7 Å². The number of rotatable bonds is 3. The molecule has 0 aliphatic carbocycles. The summed E-state index contributed by atoms with van der Waals surface area (Å²) in [5, 5.41) is 11.4. The Bertz CT molecular complexity index is 280. The van der Waals surface area contributed by atoms with Gasteiger partial charge in [0, 0.05) is 19.6 Å². The zero-order chi connectivity index (χ0) is 9.26. The maximum absolute atomic E-state index is 3.97. The first kappa shape index (κ1) is 8.62. The second-order valence-corrected chi connectivity index (χ2v) is 3.54. The van der Waals surface area contributed by atoms with Gasteiger partial charge in [-0.15, -0.1) is 5.10 Å². The standard InChI is InChI=1S/C8H15N5/c1-3-7-4-5-13(7)6-8-9-10-11-12(8)2/h7H,3-6H2,1-2H3. The molecular weight excluding hydrogens is 166 g/mol. The lowest BCUT2D eigenvalue weighted by Crippen LogP contribution is -2.46. The zero-order valence-corrected chi connectivity index (χ0v) is 8.14. The van der Waals surface area contributed by atoms with Crippen LogP contribution in [0, 0.1) is 0 Å². The summed E-state index contributed by atoms with van der Waals surface area (Å²) in [6, 6.07) is 0.747.